The average molecular weight is 489 g/mol. The van der Waals surface area contributed by atoms with Crippen LogP contribution in [0.1, 0.15) is 34.7 Å². The quantitative estimate of drug-likeness (QED) is 0.332. The highest BCUT2D eigenvalue weighted by Gasteiger charge is 2.42. The van der Waals surface area contributed by atoms with Gasteiger partial charge in [0.25, 0.3) is 0 Å². The molecule has 0 radical (unpaired) electrons. The van der Waals surface area contributed by atoms with Crippen LogP contribution in [0.3, 0.4) is 0 Å². The summed E-state index contributed by atoms with van der Waals surface area (Å²) in [7, 11) is 1.69. The zero-order chi connectivity index (χ0) is 23.8. The molecule has 1 saturated heterocycles. The predicted molar refractivity (Wildman–Crippen MR) is 141 cm³/mol. The fourth-order valence-corrected chi connectivity index (χ4v) is 5.26. The van der Waals surface area contributed by atoms with Gasteiger partial charge in [-0.3, -0.25) is 4.98 Å². The molecule has 34 heavy (non-hydrogen) atoms. The minimum absolute atomic E-state index is 0.0888. The summed E-state index contributed by atoms with van der Waals surface area (Å²) >= 11 is 12.0. The number of benzene rings is 2. The summed E-state index contributed by atoms with van der Waals surface area (Å²) in [5.74, 6) is 0.824. The number of aryl methyl sites for hydroxylation is 1. The Bertz CT molecular complexity index is 1340. The van der Waals surface area contributed by atoms with Crippen molar-refractivity contribution in [3.63, 3.8) is 0 Å². The van der Waals surface area contributed by atoms with Crippen LogP contribution in [0.15, 0.2) is 79.0 Å². The van der Waals surface area contributed by atoms with Gasteiger partial charge in [-0.15, -0.1) is 0 Å². The molecule has 7 heteroatoms. The molecule has 5 rings (SSSR count). The van der Waals surface area contributed by atoms with Crippen LogP contribution in [0.2, 0.25) is 5.02 Å². The van der Waals surface area contributed by atoms with E-state index in [1.807, 2.05) is 60.8 Å². The molecule has 1 fully saturated rings. The van der Waals surface area contributed by atoms with Crippen LogP contribution in [0, 0.1) is 13.8 Å². The van der Waals surface area contributed by atoms with Gasteiger partial charge in [-0.2, -0.15) is 0 Å². The van der Waals surface area contributed by atoms with Gasteiger partial charge in [0.15, 0.2) is 5.11 Å². The maximum atomic E-state index is 6.18. The Balaban J connectivity index is 1.67. The van der Waals surface area contributed by atoms with E-state index in [-0.39, 0.29) is 12.1 Å². The summed E-state index contributed by atoms with van der Waals surface area (Å²) in [6.45, 7) is 4.28. The SMILES string of the molecule is COc1cccc(-n2c(C)cc(C3C(c4ccccn4)NC(=S)N3c3ccc(Cl)cc3)c2C)c1. The summed E-state index contributed by atoms with van der Waals surface area (Å²) < 4.78 is 7.73. The van der Waals surface area contributed by atoms with E-state index < -0.39 is 0 Å². The molecule has 172 valence electrons. The summed E-state index contributed by atoms with van der Waals surface area (Å²) in [6, 6.07) is 23.9. The molecule has 2 aromatic carbocycles. The number of ether oxygens (including phenoxy) is 1. The minimum Gasteiger partial charge on any atom is -0.497 e. The van der Waals surface area contributed by atoms with Crippen LogP contribution in [0.25, 0.3) is 5.69 Å². The maximum Gasteiger partial charge on any atom is 0.174 e. The molecule has 1 aliphatic rings. The van der Waals surface area contributed by atoms with E-state index in [4.69, 9.17) is 28.6 Å². The van der Waals surface area contributed by atoms with Crippen molar-refractivity contribution < 1.29 is 4.74 Å². The Labute approximate surface area is 210 Å². The van der Waals surface area contributed by atoms with E-state index >= 15 is 0 Å². The predicted octanol–water partition coefficient (Wildman–Crippen LogP) is 6.33. The van der Waals surface area contributed by atoms with Crippen LogP contribution >= 0.6 is 23.8 Å². The topological polar surface area (TPSA) is 42.3 Å². The van der Waals surface area contributed by atoms with Gasteiger partial charge < -0.3 is 19.5 Å². The Morgan fingerprint density at radius 1 is 0.971 bits per heavy atom. The number of pyridine rings is 1. The lowest BCUT2D eigenvalue weighted by Crippen LogP contribution is -2.29. The molecule has 4 aromatic rings. The zero-order valence-electron chi connectivity index (χ0n) is 19.2. The van der Waals surface area contributed by atoms with Crippen molar-refractivity contribution in [2.24, 2.45) is 0 Å². The molecule has 0 bridgehead atoms. The van der Waals surface area contributed by atoms with Gasteiger partial charge in [-0.1, -0.05) is 23.7 Å². The molecular formula is C27H25ClN4OS. The first kappa shape index (κ1) is 22.4. The molecule has 1 N–H and O–H groups in total. The van der Waals surface area contributed by atoms with Crippen molar-refractivity contribution in [1.29, 1.82) is 0 Å². The molecule has 5 nitrogen and oxygen atoms in total. The first-order valence-electron chi connectivity index (χ1n) is 11.1. The molecule has 2 atom stereocenters. The molecule has 0 amide bonds. The van der Waals surface area contributed by atoms with Gasteiger partial charge >= 0.3 is 0 Å². The number of halogens is 1. The lowest BCUT2D eigenvalue weighted by Gasteiger charge is -2.28. The summed E-state index contributed by atoms with van der Waals surface area (Å²) in [6.07, 6.45) is 1.82. The highest BCUT2D eigenvalue weighted by Crippen LogP contribution is 2.44. The minimum atomic E-state index is -0.108. The monoisotopic (exact) mass is 488 g/mol. The van der Waals surface area contributed by atoms with Crippen LogP contribution < -0.4 is 15.0 Å². The third-order valence-corrected chi connectivity index (χ3v) is 6.87. The van der Waals surface area contributed by atoms with Crippen molar-refractivity contribution in [2.45, 2.75) is 25.9 Å². The van der Waals surface area contributed by atoms with Gasteiger partial charge in [0, 0.05) is 40.0 Å². The summed E-state index contributed by atoms with van der Waals surface area (Å²) in [4.78, 5) is 6.83. The van der Waals surface area contributed by atoms with E-state index in [1.165, 1.54) is 5.56 Å². The number of aromatic nitrogens is 2. The maximum absolute atomic E-state index is 6.18. The van der Waals surface area contributed by atoms with Crippen molar-refractivity contribution >= 4 is 34.6 Å². The Hall–Kier alpha value is -3.35. The number of rotatable bonds is 5. The Morgan fingerprint density at radius 2 is 1.76 bits per heavy atom. The molecule has 0 aliphatic carbocycles. The molecule has 1 aliphatic heterocycles. The number of thiocarbonyl (C=S) groups is 1. The highest BCUT2D eigenvalue weighted by atomic mass is 35.5. The zero-order valence-corrected chi connectivity index (χ0v) is 20.8. The normalized spacial score (nSPS) is 17.6. The van der Waals surface area contributed by atoms with Gasteiger partial charge in [0.2, 0.25) is 0 Å². The molecule has 3 heterocycles. The van der Waals surface area contributed by atoms with Gasteiger partial charge in [-0.25, -0.2) is 0 Å². The van der Waals surface area contributed by atoms with Crippen molar-refractivity contribution in [2.75, 3.05) is 12.0 Å². The van der Waals surface area contributed by atoms with E-state index in [1.54, 1.807) is 7.11 Å². The van der Waals surface area contributed by atoms with Crippen molar-refractivity contribution in [3.8, 4) is 11.4 Å². The van der Waals surface area contributed by atoms with Crippen LogP contribution in [0.4, 0.5) is 5.69 Å². The van der Waals surface area contributed by atoms with Crippen LogP contribution in [-0.4, -0.2) is 21.8 Å². The second-order valence-electron chi connectivity index (χ2n) is 8.34. The fraction of sp³-hybridized carbons (Fsp3) is 0.185. The fourth-order valence-electron chi connectivity index (χ4n) is 4.78. The first-order valence-corrected chi connectivity index (χ1v) is 11.9. The number of nitrogens with zero attached hydrogens (tertiary/aromatic N) is 3. The van der Waals surface area contributed by atoms with Crippen LogP contribution in [-0.2, 0) is 0 Å². The van der Waals surface area contributed by atoms with Crippen molar-refractivity contribution in [3.05, 3.63) is 107 Å². The van der Waals surface area contributed by atoms with E-state index in [0.717, 1.165) is 34.2 Å². The molecular weight excluding hydrogens is 464 g/mol. The standard InChI is InChI=1S/C27H25ClN4OS/c1-17-15-23(18(2)31(17)21-7-6-8-22(16-21)33-3)26-25(24-9-4-5-14-29-24)30-27(34)32(26)20-12-10-19(28)11-13-20/h4-16,25-26H,1-3H3,(H,30,34). The number of nitrogens with one attached hydrogen (secondary N) is 1. The second-order valence-corrected chi connectivity index (χ2v) is 9.16. The molecule has 2 unspecified atom stereocenters. The molecule has 0 spiro atoms. The number of hydrogen-bond acceptors (Lipinski definition) is 3. The number of anilines is 1. The third-order valence-electron chi connectivity index (χ3n) is 6.30. The van der Waals surface area contributed by atoms with Crippen LogP contribution in [0.5, 0.6) is 5.75 Å². The van der Waals surface area contributed by atoms with E-state index in [9.17, 15) is 0 Å². The number of hydrogen-bond donors (Lipinski definition) is 1. The van der Waals surface area contributed by atoms with E-state index in [0.29, 0.717) is 10.1 Å². The van der Waals surface area contributed by atoms with Gasteiger partial charge in [0.05, 0.1) is 24.9 Å². The molecule has 2 aromatic heterocycles. The lowest BCUT2D eigenvalue weighted by atomic mass is 9.96. The average Bonchev–Trinajstić information content (AvgIpc) is 3.35. The lowest BCUT2D eigenvalue weighted by molar-refractivity contribution is 0.414. The Kier molecular flexibility index (Phi) is 6.02. The van der Waals surface area contributed by atoms with Crippen molar-refractivity contribution in [1.82, 2.24) is 14.9 Å². The third kappa shape index (κ3) is 3.93. The second kappa shape index (κ2) is 9.12. The largest absolute Gasteiger partial charge is 0.497 e. The number of methoxy groups -OCH3 is 1. The van der Waals surface area contributed by atoms with Gasteiger partial charge in [0.1, 0.15) is 5.75 Å². The smallest absolute Gasteiger partial charge is 0.174 e. The first-order chi connectivity index (χ1) is 16.5. The summed E-state index contributed by atoms with van der Waals surface area (Å²) in [5, 5.41) is 4.88. The van der Waals surface area contributed by atoms with Gasteiger partial charge in [-0.05, 0) is 86.2 Å². The molecule has 0 saturated carbocycles. The Morgan fingerprint density at radius 3 is 2.47 bits per heavy atom. The summed E-state index contributed by atoms with van der Waals surface area (Å²) in [5.41, 5.74) is 6.44. The van der Waals surface area contributed by atoms with E-state index in [2.05, 4.69) is 51.8 Å². The highest BCUT2D eigenvalue weighted by molar-refractivity contribution is 7.80.